The Morgan fingerprint density at radius 3 is 2.89 bits per heavy atom. The van der Waals surface area contributed by atoms with Crippen LogP contribution in [-0.4, -0.2) is 14.5 Å². The molecule has 18 heavy (non-hydrogen) atoms. The average molecular weight is 264 g/mol. The Hall–Kier alpha value is -1.20. The molecule has 0 spiro atoms. The van der Waals surface area contributed by atoms with E-state index in [1.165, 1.54) is 0 Å². The van der Waals surface area contributed by atoms with Gasteiger partial charge in [-0.05, 0) is 12.8 Å². The highest BCUT2D eigenvalue weighted by molar-refractivity contribution is 7.09. The van der Waals surface area contributed by atoms with Crippen molar-refractivity contribution in [2.75, 3.05) is 0 Å². The molecular formula is C13H20N4S. The van der Waals surface area contributed by atoms with Crippen LogP contribution in [0.5, 0.6) is 0 Å². The topological polar surface area (TPSA) is 42.7 Å². The number of aromatic nitrogens is 3. The van der Waals surface area contributed by atoms with E-state index >= 15 is 0 Å². The fourth-order valence-electron chi connectivity index (χ4n) is 1.98. The standard InChI is InChI=1S/C13H20N4S/c1-3-7-17-8-5-14-12(17)10-16-11(4-2)13-15-6-9-18-13/h5-6,8-9,11,16H,3-4,7,10H2,1-2H3. The molecule has 1 N–H and O–H groups in total. The van der Waals surface area contributed by atoms with Gasteiger partial charge in [0.15, 0.2) is 0 Å². The Morgan fingerprint density at radius 2 is 2.22 bits per heavy atom. The van der Waals surface area contributed by atoms with E-state index < -0.39 is 0 Å². The van der Waals surface area contributed by atoms with Crippen LogP contribution < -0.4 is 5.32 Å². The van der Waals surface area contributed by atoms with Crippen LogP contribution in [0.4, 0.5) is 0 Å². The van der Waals surface area contributed by atoms with Gasteiger partial charge in [0.25, 0.3) is 0 Å². The summed E-state index contributed by atoms with van der Waals surface area (Å²) in [6.07, 6.45) is 7.96. The van der Waals surface area contributed by atoms with Crippen molar-refractivity contribution < 1.29 is 0 Å². The van der Waals surface area contributed by atoms with E-state index in [-0.39, 0.29) is 0 Å². The summed E-state index contributed by atoms with van der Waals surface area (Å²) in [5, 5.41) is 6.72. The fourth-order valence-corrected chi connectivity index (χ4v) is 2.78. The van der Waals surface area contributed by atoms with Crippen molar-refractivity contribution in [3.05, 3.63) is 34.8 Å². The molecule has 0 fully saturated rings. The van der Waals surface area contributed by atoms with Crippen LogP contribution in [-0.2, 0) is 13.1 Å². The van der Waals surface area contributed by atoms with Gasteiger partial charge in [0.2, 0.25) is 0 Å². The Kier molecular flexibility index (Phi) is 4.90. The van der Waals surface area contributed by atoms with Gasteiger partial charge in [0.1, 0.15) is 10.8 Å². The maximum atomic E-state index is 4.41. The van der Waals surface area contributed by atoms with Crippen LogP contribution in [0.1, 0.15) is 43.6 Å². The van der Waals surface area contributed by atoms with Crippen molar-refractivity contribution in [3.63, 3.8) is 0 Å². The lowest BCUT2D eigenvalue weighted by Gasteiger charge is -2.14. The molecule has 4 nitrogen and oxygen atoms in total. The molecule has 2 aromatic heterocycles. The predicted molar refractivity (Wildman–Crippen MR) is 74.5 cm³/mol. The molecular weight excluding hydrogens is 244 g/mol. The van der Waals surface area contributed by atoms with E-state index in [2.05, 4.69) is 33.7 Å². The minimum Gasteiger partial charge on any atom is -0.334 e. The fraction of sp³-hybridized carbons (Fsp3) is 0.538. The zero-order valence-corrected chi connectivity index (χ0v) is 11.8. The third-order valence-electron chi connectivity index (χ3n) is 2.93. The molecule has 0 saturated heterocycles. The van der Waals surface area contributed by atoms with Gasteiger partial charge < -0.3 is 9.88 Å². The monoisotopic (exact) mass is 264 g/mol. The molecule has 0 saturated carbocycles. The molecule has 1 atom stereocenters. The summed E-state index contributed by atoms with van der Waals surface area (Å²) in [6.45, 7) is 6.19. The number of imidazole rings is 1. The highest BCUT2D eigenvalue weighted by Crippen LogP contribution is 2.19. The second-order valence-electron chi connectivity index (χ2n) is 4.25. The molecule has 5 heteroatoms. The summed E-state index contributed by atoms with van der Waals surface area (Å²) < 4.78 is 2.21. The first-order valence-electron chi connectivity index (χ1n) is 6.48. The van der Waals surface area contributed by atoms with Gasteiger partial charge in [-0.25, -0.2) is 9.97 Å². The second kappa shape index (κ2) is 6.66. The van der Waals surface area contributed by atoms with E-state index in [0.29, 0.717) is 6.04 Å². The maximum absolute atomic E-state index is 4.41. The van der Waals surface area contributed by atoms with Crippen LogP contribution in [0.3, 0.4) is 0 Å². The Labute approximate surface area is 112 Å². The minimum atomic E-state index is 0.330. The molecule has 0 aliphatic rings. The van der Waals surface area contributed by atoms with Crippen LogP contribution in [0.2, 0.25) is 0 Å². The van der Waals surface area contributed by atoms with Gasteiger partial charge in [0.05, 0.1) is 12.6 Å². The predicted octanol–water partition coefficient (Wildman–Crippen LogP) is 2.99. The van der Waals surface area contributed by atoms with E-state index in [9.17, 15) is 0 Å². The van der Waals surface area contributed by atoms with Crippen LogP contribution in [0.25, 0.3) is 0 Å². The summed E-state index contributed by atoms with van der Waals surface area (Å²) in [7, 11) is 0. The largest absolute Gasteiger partial charge is 0.334 e. The number of thiazole rings is 1. The lowest BCUT2D eigenvalue weighted by molar-refractivity contribution is 0.491. The summed E-state index contributed by atoms with van der Waals surface area (Å²) in [5.41, 5.74) is 0. The SMILES string of the molecule is CCCn1ccnc1CNC(CC)c1nccs1. The van der Waals surface area contributed by atoms with Crippen LogP contribution in [0, 0.1) is 0 Å². The van der Waals surface area contributed by atoms with Crippen molar-refractivity contribution in [1.29, 1.82) is 0 Å². The average Bonchev–Trinajstić information content (AvgIpc) is 3.03. The molecule has 0 aliphatic carbocycles. The maximum Gasteiger partial charge on any atom is 0.122 e. The molecule has 0 amide bonds. The summed E-state index contributed by atoms with van der Waals surface area (Å²) in [4.78, 5) is 8.78. The number of nitrogens with zero attached hydrogens (tertiary/aromatic N) is 3. The summed E-state index contributed by atoms with van der Waals surface area (Å²) >= 11 is 1.71. The van der Waals surface area contributed by atoms with E-state index in [1.807, 2.05) is 24.0 Å². The van der Waals surface area contributed by atoms with Crippen molar-refractivity contribution in [2.45, 2.75) is 45.8 Å². The Morgan fingerprint density at radius 1 is 1.33 bits per heavy atom. The third-order valence-corrected chi connectivity index (χ3v) is 3.82. The number of hydrogen-bond acceptors (Lipinski definition) is 4. The molecule has 0 radical (unpaired) electrons. The first-order chi connectivity index (χ1) is 8.85. The minimum absolute atomic E-state index is 0.330. The first kappa shape index (κ1) is 13.2. The van der Waals surface area contributed by atoms with E-state index in [4.69, 9.17) is 0 Å². The van der Waals surface area contributed by atoms with Crippen LogP contribution >= 0.6 is 11.3 Å². The van der Waals surface area contributed by atoms with Gasteiger partial charge in [-0.1, -0.05) is 13.8 Å². The Balaban J connectivity index is 1.95. The van der Waals surface area contributed by atoms with Crippen molar-refractivity contribution in [1.82, 2.24) is 19.9 Å². The molecule has 0 bridgehead atoms. The molecule has 1 unspecified atom stereocenters. The van der Waals surface area contributed by atoms with Crippen molar-refractivity contribution >= 4 is 11.3 Å². The first-order valence-corrected chi connectivity index (χ1v) is 7.35. The van der Waals surface area contributed by atoms with Crippen molar-refractivity contribution in [3.8, 4) is 0 Å². The second-order valence-corrected chi connectivity index (χ2v) is 5.18. The number of rotatable bonds is 7. The molecule has 0 aromatic carbocycles. The van der Waals surface area contributed by atoms with Gasteiger partial charge >= 0.3 is 0 Å². The quantitative estimate of drug-likeness (QED) is 0.836. The molecule has 98 valence electrons. The normalized spacial score (nSPS) is 12.8. The lowest BCUT2D eigenvalue weighted by atomic mass is 10.2. The van der Waals surface area contributed by atoms with Gasteiger partial charge in [-0.15, -0.1) is 11.3 Å². The molecule has 0 aliphatic heterocycles. The number of hydrogen-bond donors (Lipinski definition) is 1. The highest BCUT2D eigenvalue weighted by atomic mass is 32.1. The summed E-state index contributed by atoms with van der Waals surface area (Å²) in [5.74, 6) is 1.10. The zero-order valence-electron chi connectivity index (χ0n) is 11.0. The van der Waals surface area contributed by atoms with Gasteiger partial charge in [-0.2, -0.15) is 0 Å². The lowest BCUT2D eigenvalue weighted by Crippen LogP contribution is -2.22. The molecule has 2 rings (SSSR count). The smallest absolute Gasteiger partial charge is 0.122 e. The van der Waals surface area contributed by atoms with E-state index in [0.717, 1.165) is 36.8 Å². The number of nitrogens with one attached hydrogen (secondary N) is 1. The van der Waals surface area contributed by atoms with Gasteiger partial charge in [-0.3, -0.25) is 0 Å². The van der Waals surface area contributed by atoms with E-state index in [1.54, 1.807) is 11.3 Å². The highest BCUT2D eigenvalue weighted by Gasteiger charge is 2.12. The zero-order chi connectivity index (χ0) is 12.8. The molecule has 2 heterocycles. The number of aryl methyl sites for hydroxylation is 1. The third kappa shape index (κ3) is 3.17. The van der Waals surface area contributed by atoms with Gasteiger partial charge in [0, 0.05) is 30.5 Å². The molecule has 2 aromatic rings. The van der Waals surface area contributed by atoms with Crippen molar-refractivity contribution in [2.24, 2.45) is 0 Å². The summed E-state index contributed by atoms with van der Waals surface area (Å²) in [6, 6.07) is 0.330. The van der Waals surface area contributed by atoms with Crippen LogP contribution in [0.15, 0.2) is 24.0 Å². The Bertz CT molecular complexity index is 449.